The van der Waals surface area contributed by atoms with Gasteiger partial charge in [0.15, 0.2) is 0 Å². The molecule has 0 saturated heterocycles. The highest BCUT2D eigenvalue weighted by Gasteiger charge is 2.22. The summed E-state index contributed by atoms with van der Waals surface area (Å²) in [5, 5.41) is 0.828. The number of rotatable bonds is 4. The van der Waals surface area contributed by atoms with Gasteiger partial charge in [-0.3, -0.25) is 0 Å². The van der Waals surface area contributed by atoms with Crippen molar-refractivity contribution >= 4 is 11.0 Å². The lowest BCUT2D eigenvalue weighted by atomic mass is 9.96. The van der Waals surface area contributed by atoms with Crippen LogP contribution in [0.4, 0.5) is 4.39 Å². The number of pyridine rings is 1. The van der Waals surface area contributed by atoms with Crippen molar-refractivity contribution in [3.8, 4) is 34.7 Å². The first-order valence-corrected chi connectivity index (χ1v) is 10.8. The standard InChI is InChI=1S/C27H21FN6/c1-5-20-8-9-21(17(3)33-20)26-25(22-14-29-15-31-27(22)34(26)4)19-7-6-18(23(28)12-19)13-24-30-11-10-16(2)32-24/h1,6-12,14-15H,13H2,2-4H3. The van der Waals surface area contributed by atoms with E-state index in [-0.39, 0.29) is 5.82 Å². The van der Waals surface area contributed by atoms with Crippen molar-refractivity contribution in [3.05, 3.63) is 89.4 Å². The molecule has 166 valence electrons. The average Bonchev–Trinajstić information content (AvgIpc) is 3.12. The molecule has 0 unspecified atom stereocenters. The molecule has 0 radical (unpaired) electrons. The molecule has 5 aromatic rings. The van der Waals surface area contributed by atoms with E-state index >= 15 is 4.39 Å². The molecule has 0 aliphatic carbocycles. The van der Waals surface area contributed by atoms with Crippen LogP contribution < -0.4 is 0 Å². The highest BCUT2D eigenvalue weighted by molar-refractivity contribution is 6.03. The number of aromatic nitrogens is 6. The third-order valence-corrected chi connectivity index (χ3v) is 5.87. The molecule has 0 atom stereocenters. The van der Waals surface area contributed by atoms with Crippen LogP contribution in [-0.2, 0) is 13.5 Å². The molecule has 0 saturated carbocycles. The Bertz CT molecular complexity index is 1600. The Labute approximate surface area is 196 Å². The largest absolute Gasteiger partial charge is 0.328 e. The zero-order valence-corrected chi connectivity index (χ0v) is 19.0. The number of benzene rings is 1. The number of fused-ring (bicyclic) bond motifs is 1. The topological polar surface area (TPSA) is 69.4 Å². The molecule has 6 nitrogen and oxygen atoms in total. The second-order valence-corrected chi connectivity index (χ2v) is 8.11. The summed E-state index contributed by atoms with van der Waals surface area (Å²) in [6.45, 7) is 3.80. The summed E-state index contributed by atoms with van der Waals surface area (Å²) in [7, 11) is 1.93. The normalized spacial score (nSPS) is 11.0. The van der Waals surface area contributed by atoms with Crippen molar-refractivity contribution in [2.75, 3.05) is 0 Å². The van der Waals surface area contributed by atoms with E-state index in [1.165, 1.54) is 6.33 Å². The van der Waals surface area contributed by atoms with Crippen LogP contribution in [0.15, 0.2) is 55.1 Å². The maximum atomic E-state index is 15.3. The lowest BCUT2D eigenvalue weighted by Gasteiger charge is -2.12. The Morgan fingerprint density at radius 2 is 1.91 bits per heavy atom. The molecule has 0 bridgehead atoms. The fraction of sp³-hybridized carbons (Fsp3) is 0.148. The SMILES string of the molecule is C#Cc1ccc(-c2c(-c3ccc(Cc4nccc(C)n4)c(F)c3)c3cncnc3n2C)c(C)n1. The number of aryl methyl sites for hydroxylation is 3. The molecular formula is C27H21FN6. The monoisotopic (exact) mass is 448 g/mol. The minimum atomic E-state index is -0.320. The predicted octanol–water partition coefficient (Wildman–Crippen LogP) is 4.82. The summed E-state index contributed by atoms with van der Waals surface area (Å²) in [4.78, 5) is 21.9. The fourth-order valence-corrected chi connectivity index (χ4v) is 4.27. The summed E-state index contributed by atoms with van der Waals surface area (Å²) in [6, 6.07) is 10.8. The molecule has 34 heavy (non-hydrogen) atoms. The van der Waals surface area contributed by atoms with Gasteiger partial charge in [0.2, 0.25) is 0 Å². The van der Waals surface area contributed by atoms with E-state index < -0.39 is 0 Å². The Kier molecular flexibility index (Phi) is 5.34. The number of hydrogen-bond donors (Lipinski definition) is 0. The number of terminal acetylenes is 1. The molecule has 5 rings (SSSR count). The fourth-order valence-electron chi connectivity index (χ4n) is 4.27. The van der Waals surface area contributed by atoms with Gasteiger partial charge >= 0.3 is 0 Å². The summed E-state index contributed by atoms with van der Waals surface area (Å²) >= 11 is 0. The van der Waals surface area contributed by atoms with E-state index in [2.05, 4.69) is 30.8 Å². The van der Waals surface area contributed by atoms with Crippen molar-refractivity contribution in [2.24, 2.45) is 7.05 Å². The van der Waals surface area contributed by atoms with Crippen LogP contribution in [0.1, 0.15) is 28.5 Å². The van der Waals surface area contributed by atoms with Gasteiger partial charge in [0.05, 0.1) is 5.69 Å². The predicted molar refractivity (Wildman–Crippen MR) is 129 cm³/mol. The Morgan fingerprint density at radius 3 is 2.65 bits per heavy atom. The average molecular weight is 449 g/mol. The molecule has 4 heterocycles. The van der Waals surface area contributed by atoms with Crippen molar-refractivity contribution in [3.63, 3.8) is 0 Å². The maximum Gasteiger partial charge on any atom is 0.144 e. The molecule has 0 spiro atoms. The second kappa shape index (κ2) is 8.49. The molecule has 1 aromatic carbocycles. The smallest absolute Gasteiger partial charge is 0.144 e. The van der Waals surface area contributed by atoms with Crippen LogP contribution in [-0.4, -0.2) is 29.5 Å². The zero-order chi connectivity index (χ0) is 23.8. The Balaban J connectivity index is 1.68. The molecule has 0 N–H and O–H groups in total. The van der Waals surface area contributed by atoms with Gasteiger partial charge in [0.1, 0.15) is 29.3 Å². The summed E-state index contributed by atoms with van der Waals surface area (Å²) in [5.41, 5.74) is 6.81. The number of nitrogens with zero attached hydrogens (tertiary/aromatic N) is 6. The second-order valence-electron chi connectivity index (χ2n) is 8.11. The van der Waals surface area contributed by atoms with Crippen LogP contribution in [0, 0.1) is 32.0 Å². The number of halogens is 1. The van der Waals surface area contributed by atoms with E-state index in [9.17, 15) is 0 Å². The third kappa shape index (κ3) is 3.69. The molecule has 7 heteroatoms. The Morgan fingerprint density at radius 1 is 1.06 bits per heavy atom. The molecule has 0 aliphatic heterocycles. The highest BCUT2D eigenvalue weighted by Crippen LogP contribution is 2.40. The highest BCUT2D eigenvalue weighted by atomic mass is 19.1. The summed E-state index contributed by atoms with van der Waals surface area (Å²) < 4.78 is 17.3. The number of hydrogen-bond acceptors (Lipinski definition) is 5. The van der Waals surface area contributed by atoms with Gasteiger partial charge in [-0.2, -0.15) is 0 Å². The molecule has 0 aliphatic rings. The first-order chi connectivity index (χ1) is 16.5. The van der Waals surface area contributed by atoms with Gasteiger partial charge in [0, 0.05) is 53.8 Å². The molecule has 0 amide bonds. The molecule has 4 aromatic heterocycles. The van der Waals surface area contributed by atoms with Gasteiger partial charge < -0.3 is 4.57 Å². The van der Waals surface area contributed by atoms with Crippen molar-refractivity contribution in [1.29, 1.82) is 0 Å². The van der Waals surface area contributed by atoms with Gasteiger partial charge in [-0.1, -0.05) is 18.1 Å². The van der Waals surface area contributed by atoms with Gasteiger partial charge in [-0.25, -0.2) is 29.3 Å². The maximum absolute atomic E-state index is 15.3. The summed E-state index contributed by atoms with van der Waals surface area (Å²) in [6.07, 6.45) is 10.8. The lowest BCUT2D eigenvalue weighted by molar-refractivity contribution is 0.612. The zero-order valence-electron chi connectivity index (χ0n) is 19.0. The Hall–Kier alpha value is -4.44. The van der Waals surface area contributed by atoms with Crippen LogP contribution in [0.3, 0.4) is 0 Å². The van der Waals surface area contributed by atoms with Gasteiger partial charge in [-0.15, -0.1) is 6.42 Å². The van der Waals surface area contributed by atoms with Crippen molar-refractivity contribution in [2.45, 2.75) is 20.3 Å². The van der Waals surface area contributed by atoms with E-state index in [4.69, 9.17) is 6.42 Å². The van der Waals surface area contributed by atoms with E-state index in [1.54, 1.807) is 30.6 Å². The summed E-state index contributed by atoms with van der Waals surface area (Å²) in [5.74, 6) is 2.84. The van der Waals surface area contributed by atoms with Crippen LogP contribution in [0.25, 0.3) is 33.4 Å². The minimum Gasteiger partial charge on any atom is -0.328 e. The first-order valence-electron chi connectivity index (χ1n) is 10.8. The molecule has 0 fully saturated rings. The van der Waals surface area contributed by atoms with Crippen molar-refractivity contribution in [1.82, 2.24) is 29.5 Å². The van der Waals surface area contributed by atoms with E-state index in [0.717, 1.165) is 44.8 Å². The quantitative estimate of drug-likeness (QED) is 0.369. The van der Waals surface area contributed by atoms with E-state index in [1.807, 2.05) is 43.7 Å². The van der Waals surface area contributed by atoms with Crippen LogP contribution in [0.5, 0.6) is 0 Å². The first kappa shape index (κ1) is 21.4. The lowest BCUT2D eigenvalue weighted by Crippen LogP contribution is -2.00. The van der Waals surface area contributed by atoms with Gasteiger partial charge in [0.25, 0.3) is 0 Å². The minimum absolute atomic E-state index is 0.315. The molecular weight excluding hydrogens is 427 g/mol. The van der Waals surface area contributed by atoms with Crippen LogP contribution >= 0.6 is 0 Å². The van der Waals surface area contributed by atoms with Crippen molar-refractivity contribution < 1.29 is 4.39 Å². The van der Waals surface area contributed by atoms with Crippen LogP contribution in [0.2, 0.25) is 0 Å². The van der Waals surface area contributed by atoms with Gasteiger partial charge in [-0.05, 0) is 49.2 Å². The third-order valence-electron chi connectivity index (χ3n) is 5.87. The van der Waals surface area contributed by atoms with E-state index in [0.29, 0.717) is 23.5 Å².